The van der Waals surface area contributed by atoms with Crippen molar-refractivity contribution in [2.45, 2.75) is 11.3 Å². The number of nitrogens with two attached hydrogens (primary N) is 1. The number of hydrogen-bond acceptors (Lipinski definition) is 6. The molecule has 1 heterocycles. The average molecular weight is 317 g/mol. The van der Waals surface area contributed by atoms with Gasteiger partial charge in [0.25, 0.3) is 5.69 Å². The number of rotatable bonds is 3. The molecule has 1 aliphatic rings. The van der Waals surface area contributed by atoms with Gasteiger partial charge in [-0.15, -0.1) is 0 Å². The average Bonchev–Trinajstić information content (AvgIpc) is 2.67. The Balaban J connectivity index is 2.47. The third-order valence-electron chi connectivity index (χ3n) is 2.98. The maximum absolute atomic E-state index is 12.6. The highest BCUT2D eigenvalue weighted by molar-refractivity contribution is 7.99. The third-order valence-corrected chi connectivity index (χ3v) is 5.96. The van der Waals surface area contributed by atoms with Crippen LogP contribution in [0.1, 0.15) is 6.42 Å². The first-order valence-corrected chi connectivity index (χ1v) is 8.64. The molecule has 0 saturated carbocycles. The van der Waals surface area contributed by atoms with Crippen LogP contribution in [0.25, 0.3) is 0 Å². The topological polar surface area (TPSA) is 107 Å². The van der Waals surface area contributed by atoms with Crippen LogP contribution in [-0.4, -0.2) is 42.2 Å². The molecule has 2 N–H and O–H groups in total. The van der Waals surface area contributed by atoms with Crippen LogP contribution in [0, 0.1) is 10.1 Å². The van der Waals surface area contributed by atoms with E-state index in [1.54, 1.807) is 11.8 Å². The van der Waals surface area contributed by atoms with Gasteiger partial charge in [-0.2, -0.15) is 16.1 Å². The molecule has 0 aromatic heterocycles. The summed E-state index contributed by atoms with van der Waals surface area (Å²) in [6, 6.07) is 3.62. The summed E-state index contributed by atoms with van der Waals surface area (Å²) in [7, 11) is -3.89. The van der Waals surface area contributed by atoms with Crippen molar-refractivity contribution < 1.29 is 13.3 Å². The van der Waals surface area contributed by atoms with Gasteiger partial charge in [0, 0.05) is 30.6 Å². The number of thioether (sulfide) groups is 1. The fourth-order valence-corrected chi connectivity index (χ4v) is 4.66. The van der Waals surface area contributed by atoms with E-state index in [-0.39, 0.29) is 10.6 Å². The molecule has 1 fully saturated rings. The second kappa shape index (κ2) is 5.98. The molecular formula is C11H15N3O4S2. The lowest BCUT2D eigenvalue weighted by molar-refractivity contribution is -0.387. The number of nitrogens with zero attached hydrogens (tertiary/aromatic N) is 2. The fraction of sp³-hybridized carbons (Fsp3) is 0.455. The quantitative estimate of drug-likeness (QED) is 0.511. The molecule has 0 spiro atoms. The summed E-state index contributed by atoms with van der Waals surface area (Å²) in [4.78, 5) is 9.99. The Morgan fingerprint density at radius 3 is 2.75 bits per heavy atom. The molecule has 0 amide bonds. The molecule has 0 atom stereocenters. The van der Waals surface area contributed by atoms with E-state index in [4.69, 9.17) is 5.73 Å². The molecule has 1 aromatic rings. The van der Waals surface area contributed by atoms with Gasteiger partial charge in [0.05, 0.1) is 4.92 Å². The number of sulfonamides is 1. The van der Waals surface area contributed by atoms with Gasteiger partial charge in [-0.05, 0) is 24.3 Å². The predicted octanol–water partition coefficient (Wildman–Crippen LogP) is 1.30. The van der Waals surface area contributed by atoms with E-state index < -0.39 is 20.6 Å². The Labute approximate surface area is 121 Å². The van der Waals surface area contributed by atoms with Gasteiger partial charge in [-0.25, -0.2) is 8.42 Å². The van der Waals surface area contributed by atoms with Crippen LogP contribution in [0.2, 0.25) is 0 Å². The minimum atomic E-state index is -3.89. The number of benzene rings is 1. The highest BCUT2D eigenvalue weighted by atomic mass is 32.2. The van der Waals surface area contributed by atoms with E-state index in [0.29, 0.717) is 18.8 Å². The summed E-state index contributed by atoms with van der Waals surface area (Å²) >= 11 is 1.68. The largest absolute Gasteiger partial charge is 0.399 e. The van der Waals surface area contributed by atoms with Crippen LogP contribution in [0.5, 0.6) is 0 Å². The molecule has 0 aliphatic carbocycles. The molecular weight excluding hydrogens is 302 g/mol. The number of nitrogen functional groups attached to an aromatic ring is 1. The van der Waals surface area contributed by atoms with Crippen molar-refractivity contribution in [3.05, 3.63) is 28.3 Å². The van der Waals surface area contributed by atoms with Crippen LogP contribution in [0.15, 0.2) is 23.1 Å². The lowest BCUT2D eigenvalue weighted by Gasteiger charge is -2.19. The summed E-state index contributed by atoms with van der Waals surface area (Å²) in [5.41, 5.74) is 5.33. The molecule has 1 saturated heterocycles. The number of hydrogen-bond donors (Lipinski definition) is 1. The maximum Gasteiger partial charge on any atom is 0.289 e. The van der Waals surface area contributed by atoms with E-state index >= 15 is 0 Å². The van der Waals surface area contributed by atoms with Crippen LogP contribution >= 0.6 is 11.8 Å². The lowest BCUT2D eigenvalue weighted by Crippen LogP contribution is -2.33. The van der Waals surface area contributed by atoms with E-state index in [1.807, 2.05) is 0 Å². The minimum absolute atomic E-state index is 0.193. The molecule has 1 aromatic carbocycles. The van der Waals surface area contributed by atoms with Gasteiger partial charge in [0.15, 0.2) is 4.90 Å². The summed E-state index contributed by atoms with van der Waals surface area (Å²) in [6.07, 6.45) is 0.736. The Kier molecular flexibility index (Phi) is 4.51. The smallest absolute Gasteiger partial charge is 0.289 e. The Hall–Kier alpha value is -1.32. The van der Waals surface area contributed by atoms with Gasteiger partial charge in [0.1, 0.15) is 0 Å². The van der Waals surface area contributed by atoms with Crippen LogP contribution < -0.4 is 5.73 Å². The van der Waals surface area contributed by atoms with E-state index in [9.17, 15) is 18.5 Å². The first-order chi connectivity index (χ1) is 9.43. The van der Waals surface area contributed by atoms with Crippen molar-refractivity contribution in [1.29, 1.82) is 0 Å². The van der Waals surface area contributed by atoms with Crippen molar-refractivity contribution in [2.24, 2.45) is 0 Å². The molecule has 0 unspecified atom stereocenters. The number of nitro benzene ring substituents is 1. The van der Waals surface area contributed by atoms with Crippen molar-refractivity contribution in [3.8, 4) is 0 Å². The normalized spacial score (nSPS) is 17.6. The Bertz CT molecular complexity index is 610. The molecule has 20 heavy (non-hydrogen) atoms. The predicted molar refractivity (Wildman–Crippen MR) is 78.2 cm³/mol. The third kappa shape index (κ3) is 3.05. The summed E-state index contributed by atoms with van der Waals surface area (Å²) in [5, 5.41) is 11.0. The Morgan fingerprint density at radius 1 is 1.30 bits per heavy atom. The van der Waals surface area contributed by atoms with Gasteiger partial charge in [0.2, 0.25) is 10.0 Å². The zero-order valence-corrected chi connectivity index (χ0v) is 12.3. The van der Waals surface area contributed by atoms with E-state index in [2.05, 4.69) is 0 Å². The van der Waals surface area contributed by atoms with Crippen LogP contribution in [0.3, 0.4) is 0 Å². The zero-order valence-electron chi connectivity index (χ0n) is 10.7. The van der Waals surface area contributed by atoms with E-state index in [0.717, 1.165) is 24.3 Å². The van der Waals surface area contributed by atoms with Crippen molar-refractivity contribution in [3.63, 3.8) is 0 Å². The summed E-state index contributed by atoms with van der Waals surface area (Å²) < 4.78 is 26.4. The van der Waals surface area contributed by atoms with Crippen molar-refractivity contribution >= 4 is 33.2 Å². The van der Waals surface area contributed by atoms with E-state index in [1.165, 1.54) is 10.4 Å². The van der Waals surface area contributed by atoms with Gasteiger partial charge >= 0.3 is 0 Å². The monoisotopic (exact) mass is 317 g/mol. The molecule has 7 nitrogen and oxygen atoms in total. The first kappa shape index (κ1) is 15.1. The van der Waals surface area contributed by atoms with Gasteiger partial charge < -0.3 is 5.73 Å². The van der Waals surface area contributed by atoms with Gasteiger partial charge in [-0.3, -0.25) is 10.1 Å². The second-order valence-electron chi connectivity index (χ2n) is 4.35. The number of nitro groups is 1. The SMILES string of the molecule is Nc1ccc([N+](=O)[O-])c(S(=O)(=O)N2CCCSCC2)c1. The lowest BCUT2D eigenvalue weighted by atomic mass is 10.3. The highest BCUT2D eigenvalue weighted by Gasteiger charge is 2.32. The molecule has 2 rings (SSSR count). The molecule has 110 valence electrons. The molecule has 0 bridgehead atoms. The highest BCUT2D eigenvalue weighted by Crippen LogP contribution is 2.29. The minimum Gasteiger partial charge on any atom is -0.399 e. The summed E-state index contributed by atoms with van der Waals surface area (Å²) in [5.74, 6) is 1.58. The molecule has 1 aliphatic heterocycles. The first-order valence-electron chi connectivity index (χ1n) is 6.05. The standard InChI is InChI=1S/C11H15N3O4S2/c12-9-2-3-10(14(15)16)11(8-9)20(17,18)13-4-1-6-19-7-5-13/h2-3,8H,1,4-7,12H2. The molecule has 0 radical (unpaired) electrons. The second-order valence-corrected chi connectivity index (χ2v) is 7.49. The van der Waals surface area contributed by atoms with Crippen LogP contribution in [0.4, 0.5) is 11.4 Å². The summed E-state index contributed by atoms with van der Waals surface area (Å²) in [6.45, 7) is 0.736. The van der Waals surface area contributed by atoms with Crippen molar-refractivity contribution in [1.82, 2.24) is 4.31 Å². The van der Waals surface area contributed by atoms with Crippen LogP contribution in [-0.2, 0) is 10.0 Å². The number of anilines is 1. The maximum atomic E-state index is 12.6. The Morgan fingerprint density at radius 2 is 2.05 bits per heavy atom. The van der Waals surface area contributed by atoms with Crippen molar-refractivity contribution in [2.75, 3.05) is 30.3 Å². The van der Waals surface area contributed by atoms with Gasteiger partial charge in [-0.1, -0.05) is 0 Å². The zero-order chi connectivity index (χ0) is 14.8. The molecule has 9 heteroatoms. The fourth-order valence-electron chi connectivity index (χ4n) is 1.99.